The summed E-state index contributed by atoms with van der Waals surface area (Å²) in [5.74, 6) is -5.81. The Morgan fingerprint density at radius 3 is 2.28 bits per heavy atom. The van der Waals surface area contributed by atoms with Crippen LogP contribution in [-0.2, 0) is 9.53 Å². The van der Waals surface area contributed by atoms with Crippen molar-refractivity contribution in [2.24, 2.45) is 0 Å². The molecule has 18 heavy (non-hydrogen) atoms. The van der Waals surface area contributed by atoms with E-state index in [0.29, 0.717) is 0 Å². The normalized spacial score (nSPS) is 37.4. The first kappa shape index (κ1) is 15.2. The van der Waals surface area contributed by atoms with Crippen LogP contribution in [0.3, 0.4) is 0 Å². The maximum absolute atomic E-state index is 13.6. The predicted octanol–water partition coefficient (Wildman–Crippen LogP) is -2.79. The molecule has 106 valence electrons. The molecule has 5 N–H and O–H groups in total. The number of nitrogens with one attached hydrogen (secondary N) is 1. The lowest BCUT2D eigenvalue weighted by Gasteiger charge is -2.42. The second-order valence-corrected chi connectivity index (χ2v) is 3.95. The lowest BCUT2D eigenvalue weighted by atomic mass is 9.91. The van der Waals surface area contributed by atoms with E-state index in [1.165, 1.54) is 0 Å². The standard InChI is InChI=1S/C9H15F2NO6/c1-12-8(17)9(10,11)7-6(16)5(15)4(14)3(2-13)18-7/h3-7,13-16H,2H2,1H3,(H,12,17)/t3-,4-,5+,6+,7-/m1/s1. The van der Waals surface area contributed by atoms with Crippen molar-refractivity contribution in [2.45, 2.75) is 36.4 Å². The van der Waals surface area contributed by atoms with Gasteiger partial charge in [-0.3, -0.25) is 4.79 Å². The van der Waals surface area contributed by atoms with E-state index in [-0.39, 0.29) is 0 Å². The molecular weight excluding hydrogens is 256 g/mol. The van der Waals surface area contributed by atoms with Crippen LogP contribution in [0.15, 0.2) is 0 Å². The third-order valence-corrected chi connectivity index (χ3v) is 2.78. The fourth-order valence-corrected chi connectivity index (χ4v) is 1.70. The number of ether oxygens (including phenoxy) is 1. The summed E-state index contributed by atoms with van der Waals surface area (Å²) in [7, 11) is 0.972. The number of carbonyl (C=O) groups excluding carboxylic acids is 1. The van der Waals surface area contributed by atoms with Crippen molar-refractivity contribution in [3.05, 3.63) is 0 Å². The van der Waals surface area contributed by atoms with Gasteiger partial charge in [-0.05, 0) is 0 Å². The van der Waals surface area contributed by atoms with Gasteiger partial charge in [0.25, 0.3) is 5.91 Å². The van der Waals surface area contributed by atoms with Gasteiger partial charge in [0, 0.05) is 7.05 Å². The van der Waals surface area contributed by atoms with Crippen molar-refractivity contribution in [3.63, 3.8) is 0 Å². The Bertz CT molecular complexity index is 313. The van der Waals surface area contributed by atoms with E-state index in [9.17, 15) is 28.9 Å². The second kappa shape index (κ2) is 5.41. The van der Waals surface area contributed by atoms with Crippen molar-refractivity contribution in [1.82, 2.24) is 5.32 Å². The van der Waals surface area contributed by atoms with E-state index in [1.54, 1.807) is 5.32 Å². The number of aliphatic hydroxyl groups is 4. The summed E-state index contributed by atoms with van der Waals surface area (Å²) in [6.45, 7) is -0.842. The molecule has 0 aromatic carbocycles. The molecule has 1 fully saturated rings. The zero-order valence-electron chi connectivity index (χ0n) is 9.46. The maximum atomic E-state index is 13.6. The molecule has 0 radical (unpaired) electrons. The smallest absolute Gasteiger partial charge is 0.352 e. The average molecular weight is 271 g/mol. The highest BCUT2D eigenvalue weighted by atomic mass is 19.3. The fourth-order valence-electron chi connectivity index (χ4n) is 1.70. The van der Waals surface area contributed by atoms with Gasteiger partial charge in [-0.15, -0.1) is 0 Å². The Labute approximate surface area is 101 Å². The van der Waals surface area contributed by atoms with Crippen molar-refractivity contribution in [3.8, 4) is 0 Å². The molecule has 1 rings (SSSR count). The van der Waals surface area contributed by atoms with E-state index in [0.717, 1.165) is 7.05 Å². The zero-order chi connectivity index (χ0) is 14.1. The molecular formula is C9H15F2NO6. The number of hydrogen-bond acceptors (Lipinski definition) is 6. The largest absolute Gasteiger partial charge is 0.394 e. The van der Waals surface area contributed by atoms with Crippen LogP contribution in [0, 0.1) is 0 Å². The highest BCUT2D eigenvalue weighted by Crippen LogP contribution is 2.32. The van der Waals surface area contributed by atoms with Crippen LogP contribution >= 0.6 is 0 Å². The summed E-state index contributed by atoms with van der Waals surface area (Å²) in [5, 5.41) is 38.7. The minimum absolute atomic E-state index is 0.842. The highest BCUT2D eigenvalue weighted by molar-refractivity contribution is 5.83. The first-order chi connectivity index (χ1) is 8.27. The second-order valence-electron chi connectivity index (χ2n) is 3.95. The molecule has 1 heterocycles. The lowest BCUT2D eigenvalue weighted by Crippen LogP contribution is -2.65. The number of aliphatic hydroxyl groups excluding tert-OH is 4. The van der Waals surface area contributed by atoms with Crippen LogP contribution in [0.25, 0.3) is 0 Å². The molecule has 0 aromatic rings. The summed E-state index contributed by atoms with van der Waals surface area (Å²) < 4.78 is 31.8. The Morgan fingerprint density at radius 1 is 1.28 bits per heavy atom. The van der Waals surface area contributed by atoms with Crippen molar-refractivity contribution < 1.29 is 38.7 Å². The monoisotopic (exact) mass is 271 g/mol. The van der Waals surface area contributed by atoms with Gasteiger partial charge in [-0.25, -0.2) is 0 Å². The Kier molecular flexibility index (Phi) is 4.56. The Balaban J connectivity index is 2.97. The molecule has 7 nitrogen and oxygen atoms in total. The molecule has 5 atom stereocenters. The van der Waals surface area contributed by atoms with E-state index in [4.69, 9.17) is 5.11 Å². The number of alkyl halides is 2. The number of rotatable bonds is 3. The average Bonchev–Trinajstić information content (AvgIpc) is 2.34. The van der Waals surface area contributed by atoms with Crippen LogP contribution in [0.1, 0.15) is 0 Å². The summed E-state index contributed by atoms with van der Waals surface area (Å²) in [6.07, 6.45) is -9.69. The summed E-state index contributed by atoms with van der Waals surface area (Å²) in [5.41, 5.74) is 0. The van der Waals surface area contributed by atoms with Gasteiger partial charge in [0.15, 0.2) is 6.10 Å². The van der Waals surface area contributed by atoms with Gasteiger partial charge in [-0.2, -0.15) is 8.78 Å². The molecule has 0 spiro atoms. The van der Waals surface area contributed by atoms with Gasteiger partial charge in [0.1, 0.15) is 24.4 Å². The molecule has 1 amide bonds. The van der Waals surface area contributed by atoms with Crippen LogP contribution in [0.2, 0.25) is 0 Å². The minimum atomic E-state index is -4.11. The van der Waals surface area contributed by atoms with Gasteiger partial charge in [-0.1, -0.05) is 0 Å². The Morgan fingerprint density at radius 2 is 1.83 bits per heavy atom. The molecule has 0 saturated carbocycles. The first-order valence-corrected chi connectivity index (χ1v) is 5.17. The molecule has 1 aliphatic rings. The minimum Gasteiger partial charge on any atom is -0.394 e. The molecule has 0 bridgehead atoms. The first-order valence-electron chi connectivity index (χ1n) is 5.17. The van der Waals surface area contributed by atoms with E-state index >= 15 is 0 Å². The number of hydrogen-bond donors (Lipinski definition) is 5. The summed E-state index contributed by atoms with van der Waals surface area (Å²) in [4.78, 5) is 11.0. The number of amides is 1. The Hall–Kier alpha value is -0.870. The molecule has 0 aromatic heterocycles. The summed E-state index contributed by atoms with van der Waals surface area (Å²) in [6, 6.07) is 0. The van der Waals surface area contributed by atoms with Crippen LogP contribution < -0.4 is 5.32 Å². The molecule has 9 heteroatoms. The number of carbonyl (C=O) groups is 1. The molecule has 1 aliphatic heterocycles. The third kappa shape index (κ3) is 2.45. The number of halogens is 2. The molecule has 1 saturated heterocycles. The molecule has 0 aliphatic carbocycles. The van der Waals surface area contributed by atoms with Gasteiger partial charge in [0.2, 0.25) is 0 Å². The third-order valence-electron chi connectivity index (χ3n) is 2.78. The topological polar surface area (TPSA) is 119 Å². The molecule has 0 unspecified atom stereocenters. The summed E-state index contributed by atoms with van der Waals surface area (Å²) >= 11 is 0. The maximum Gasteiger partial charge on any atom is 0.352 e. The quantitative estimate of drug-likeness (QED) is 0.378. The van der Waals surface area contributed by atoms with E-state index in [2.05, 4.69) is 4.74 Å². The van der Waals surface area contributed by atoms with Crippen molar-refractivity contribution >= 4 is 5.91 Å². The lowest BCUT2D eigenvalue weighted by molar-refractivity contribution is -0.274. The predicted molar refractivity (Wildman–Crippen MR) is 52.8 cm³/mol. The highest BCUT2D eigenvalue weighted by Gasteiger charge is 2.57. The van der Waals surface area contributed by atoms with Crippen molar-refractivity contribution in [2.75, 3.05) is 13.7 Å². The fraction of sp³-hybridized carbons (Fsp3) is 0.889. The van der Waals surface area contributed by atoms with Crippen molar-refractivity contribution in [1.29, 1.82) is 0 Å². The van der Waals surface area contributed by atoms with Crippen LogP contribution in [-0.4, -0.2) is 76.4 Å². The van der Waals surface area contributed by atoms with Gasteiger partial charge >= 0.3 is 5.92 Å². The zero-order valence-corrected chi connectivity index (χ0v) is 9.46. The van der Waals surface area contributed by atoms with Crippen LogP contribution in [0.4, 0.5) is 8.78 Å². The van der Waals surface area contributed by atoms with Crippen LogP contribution in [0.5, 0.6) is 0 Å². The van der Waals surface area contributed by atoms with E-state index in [1.807, 2.05) is 0 Å². The SMILES string of the molecule is CNC(=O)C(F)(F)[C@@H]1O[C@H](CO)[C@@H](O)[C@H](O)[C@@H]1O. The van der Waals surface area contributed by atoms with Gasteiger partial charge in [0.05, 0.1) is 6.61 Å². The van der Waals surface area contributed by atoms with Gasteiger partial charge < -0.3 is 30.5 Å². The van der Waals surface area contributed by atoms with E-state index < -0.39 is 49.0 Å².